The number of esters is 2. The lowest BCUT2D eigenvalue weighted by atomic mass is 9.81. The van der Waals surface area contributed by atoms with Crippen LogP contribution in [0, 0.1) is 5.21 Å². The van der Waals surface area contributed by atoms with Crippen LogP contribution in [0.2, 0.25) is 0 Å². The molecule has 1 fully saturated rings. The summed E-state index contributed by atoms with van der Waals surface area (Å²) in [5.74, 6) is -1.73. The van der Waals surface area contributed by atoms with Gasteiger partial charge in [-0.15, -0.1) is 0 Å². The van der Waals surface area contributed by atoms with E-state index < -0.39 is 46.0 Å². The fourth-order valence-corrected chi connectivity index (χ4v) is 3.96. The largest absolute Gasteiger partial charge is 0.632 e. The van der Waals surface area contributed by atoms with Crippen LogP contribution < -0.4 is 0 Å². The number of ether oxygens (including phenoxy) is 2. The average molecular weight is 413 g/mol. The van der Waals surface area contributed by atoms with Crippen molar-refractivity contribution in [2.24, 2.45) is 0 Å². The van der Waals surface area contributed by atoms with Gasteiger partial charge >= 0.3 is 11.9 Å². The molecule has 9 nitrogen and oxygen atoms in total. The molecule has 2 aliphatic rings. The lowest BCUT2D eigenvalue weighted by Crippen LogP contribution is -2.63. The topological polar surface area (TPSA) is 136 Å². The van der Waals surface area contributed by atoms with Crippen LogP contribution in [0.15, 0.2) is 23.3 Å². The van der Waals surface area contributed by atoms with Crippen LogP contribution in [0.4, 0.5) is 0 Å². The summed E-state index contributed by atoms with van der Waals surface area (Å²) >= 11 is 0. The maximum absolute atomic E-state index is 13.0. The highest BCUT2D eigenvalue weighted by atomic mass is 16.6. The lowest BCUT2D eigenvalue weighted by molar-refractivity contribution is -0.877. The summed E-state index contributed by atoms with van der Waals surface area (Å²) in [7, 11) is 0. The summed E-state index contributed by atoms with van der Waals surface area (Å²) in [6.07, 6.45) is 1.15. The van der Waals surface area contributed by atoms with Crippen LogP contribution in [0.25, 0.3) is 0 Å². The monoisotopic (exact) mass is 413 g/mol. The lowest BCUT2D eigenvalue weighted by Gasteiger charge is -2.41. The quantitative estimate of drug-likeness (QED) is 0.178. The molecular formula is C20H31NO8. The summed E-state index contributed by atoms with van der Waals surface area (Å²) in [5, 5.41) is 43.5. The normalized spacial score (nSPS) is 29.3. The van der Waals surface area contributed by atoms with Gasteiger partial charge in [-0.3, -0.25) is 0 Å². The molecule has 2 rings (SSSR count). The van der Waals surface area contributed by atoms with Gasteiger partial charge in [-0.25, -0.2) is 9.59 Å². The minimum absolute atomic E-state index is 0.167. The Hall–Kier alpha value is -1.78. The van der Waals surface area contributed by atoms with Gasteiger partial charge < -0.3 is 34.6 Å². The fourth-order valence-electron chi connectivity index (χ4n) is 3.96. The third-order valence-electron chi connectivity index (χ3n) is 5.59. The molecule has 0 aliphatic carbocycles. The number of aliphatic hydroxyl groups is 3. The highest BCUT2D eigenvalue weighted by molar-refractivity contribution is 5.83. The molecule has 2 heterocycles. The molecule has 29 heavy (non-hydrogen) atoms. The van der Waals surface area contributed by atoms with Crippen LogP contribution >= 0.6 is 0 Å². The molecule has 0 saturated carbocycles. The Morgan fingerprint density at radius 2 is 2.00 bits per heavy atom. The minimum Gasteiger partial charge on any atom is -0.632 e. The van der Waals surface area contributed by atoms with Crippen LogP contribution in [-0.2, 0) is 19.1 Å². The van der Waals surface area contributed by atoms with Crippen molar-refractivity contribution < 1.29 is 39.0 Å². The van der Waals surface area contributed by atoms with Crippen LogP contribution in [-0.4, -0.2) is 81.1 Å². The molecule has 0 aromatic heterocycles. The van der Waals surface area contributed by atoms with Crippen molar-refractivity contribution in [1.82, 2.24) is 0 Å². The predicted octanol–water partition coefficient (Wildman–Crippen LogP) is 0.317. The number of allylic oxidation sites excluding steroid dienone is 1. The summed E-state index contributed by atoms with van der Waals surface area (Å²) in [4.78, 5) is 24.5. The van der Waals surface area contributed by atoms with Gasteiger partial charge in [0.05, 0.1) is 19.2 Å². The zero-order valence-corrected chi connectivity index (χ0v) is 17.5. The summed E-state index contributed by atoms with van der Waals surface area (Å²) in [6, 6.07) is -0.695. The van der Waals surface area contributed by atoms with Crippen molar-refractivity contribution in [3.8, 4) is 0 Å². The number of rotatable bonds is 7. The zero-order chi connectivity index (χ0) is 22.2. The number of aliphatic hydroxyl groups excluding tert-OH is 1. The minimum atomic E-state index is -2.54. The Morgan fingerprint density at radius 1 is 1.38 bits per heavy atom. The first-order valence-electron chi connectivity index (χ1n) is 9.64. The maximum Gasteiger partial charge on any atom is 0.344 e. The molecule has 0 aromatic rings. The smallest absolute Gasteiger partial charge is 0.344 e. The molecular weight excluding hydrogens is 382 g/mol. The van der Waals surface area contributed by atoms with E-state index >= 15 is 0 Å². The zero-order valence-electron chi connectivity index (χ0n) is 17.5. The number of quaternary nitrogens is 1. The number of nitrogens with zero attached hydrogens (tertiary/aromatic N) is 1. The van der Waals surface area contributed by atoms with Crippen molar-refractivity contribution in [2.75, 3.05) is 19.7 Å². The molecule has 0 radical (unpaired) electrons. The Kier molecular flexibility index (Phi) is 6.61. The second-order valence-electron chi connectivity index (χ2n) is 8.65. The van der Waals surface area contributed by atoms with E-state index in [9.17, 15) is 30.1 Å². The summed E-state index contributed by atoms with van der Waals surface area (Å²) in [6.45, 7) is 7.19. The van der Waals surface area contributed by atoms with Gasteiger partial charge in [0.2, 0.25) is 5.60 Å². The molecule has 3 N–H and O–H groups in total. The third kappa shape index (κ3) is 4.54. The van der Waals surface area contributed by atoms with E-state index in [0.29, 0.717) is 12.0 Å². The molecule has 0 unspecified atom stereocenters. The Bertz CT molecular complexity index is 718. The molecule has 164 valence electrons. The number of fused-ring (bicyclic) bond motifs is 1. The van der Waals surface area contributed by atoms with Gasteiger partial charge in [0.25, 0.3) is 0 Å². The number of carbonyl (C=O) groups excluding carboxylic acids is 2. The highest BCUT2D eigenvalue weighted by Crippen LogP contribution is 2.38. The number of hydroxylamine groups is 3. The Balaban J connectivity index is 2.12. The van der Waals surface area contributed by atoms with Crippen LogP contribution in [0.1, 0.15) is 41.0 Å². The number of hydrogen-bond donors (Lipinski definition) is 3. The van der Waals surface area contributed by atoms with E-state index in [4.69, 9.17) is 9.47 Å². The average Bonchev–Trinajstić information content (AvgIpc) is 3.06. The first-order chi connectivity index (χ1) is 13.2. The van der Waals surface area contributed by atoms with Gasteiger partial charge in [-0.2, -0.15) is 0 Å². The number of hydrogen-bond acceptors (Lipinski definition) is 8. The first kappa shape index (κ1) is 23.5. The summed E-state index contributed by atoms with van der Waals surface area (Å²) < 4.78 is 10.0. The van der Waals surface area contributed by atoms with E-state index in [1.165, 1.54) is 26.8 Å². The predicted molar refractivity (Wildman–Crippen MR) is 103 cm³/mol. The standard InChI is InChI=1S/C20H31NO8/c1-12(2)10-16(23)29-15-7-9-21(27)8-6-14(17(15)21)11-28-18(24)20(26,13(3)22)19(4,5)25/h6,10,13,15,17,22,25-26H,7-9,11H2,1-5H3/t13-,15-,17-,20+,21-/m1/s1. The van der Waals surface area contributed by atoms with E-state index in [-0.39, 0.29) is 19.7 Å². The summed E-state index contributed by atoms with van der Waals surface area (Å²) in [5.41, 5.74) is -3.24. The molecule has 5 atom stereocenters. The molecule has 0 aromatic carbocycles. The molecule has 2 aliphatic heterocycles. The fraction of sp³-hybridized carbons (Fsp3) is 0.700. The van der Waals surface area contributed by atoms with Crippen molar-refractivity contribution >= 4 is 11.9 Å². The number of carbonyl (C=O) groups is 2. The Morgan fingerprint density at radius 3 is 2.52 bits per heavy atom. The SMILES string of the molecule is CC(C)=CC(=O)O[C@@H]1CC[N@+]2([O-])CC=C(COC(=O)[C@@](O)([C@@H](C)O)C(C)(C)O)[C@H]12. The molecule has 9 heteroatoms. The third-order valence-corrected chi connectivity index (χ3v) is 5.59. The van der Waals surface area contributed by atoms with Crippen molar-refractivity contribution in [1.29, 1.82) is 0 Å². The van der Waals surface area contributed by atoms with Gasteiger partial charge in [0.15, 0.2) is 12.1 Å². The van der Waals surface area contributed by atoms with E-state index in [2.05, 4.69) is 0 Å². The molecule has 0 bridgehead atoms. The van der Waals surface area contributed by atoms with Crippen LogP contribution in [0.5, 0.6) is 0 Å². The van der Waals surface area contributed by atoms with E-state index in [0.717, 1.165) is 5.57 Å². The highest BCUT2D eigenvalue weighted by Gasteiger charge is 2.55. The van der Waals surface area contributed by atoms with E-state index in [1.54, 1.807) is 19.9 Å². The van der Waals surface area contributed by atoms with Crippen molar-refractivity contribution in [3.05, 3.63) is 28.5 Å². The molecule has 0 spiro atoms. The first-order valence-corrected chi connectivity index (χ1v) is 9.64. The van der Waals surface area contributed by atoms with Gasteiger partial charge in [0.1, 0.15) is 12.2 Å². The molecule has 1 saturated heterocycles. The van der Waals surface area contributed by atoms with Gasteiger partial charge in [-0.05, 0) is 40.7 Å². The molecule has 0 amide bonds. The second-order valence-corrected chi connectivity index (χ2v) is 8.65. The van der Waals surface area contributed by atoms with Gasteiger partial charge in [-0.1, -0.05) is 5.57 Å². The van der Waals surface area contributed by atoms with E-state index in [1.807, 2.05) is 0 Å². The Labute approximate surface area is 170 Å². The van der Waals surface area contributed by atoms with Crippen molar-refractivity contribution in [2.45, 2.75) is 70.5 Å². The second kappa shape index (κ2) is 8.16. The van der Waals surface area contributed by atoms with Crippen molar-refractivity contribution in [3.63, 3.8) is 0 Å². The maximum atomic E-state index is 13.0. The van der Waals surface area contributed by atoms with Crippen LogP contribution in [0.3, 0.4) is 0 Å². The van der Waals surface area contributed by atoms with Gasteiger partial charge in [0, 0.05) is 18.1 Å².